The molecule has 1 heterocycles. The first-order valence-electron chi connectivity index (χ1n) is 12.6. The lowest BCUT2D eigenvalue weighted by Gasteiger charge is -2.45. The molecule has 1 aromatic rings. The molecule has 12 nitrogen and oxygen atoms in total. The average molecular weight is 552 g/mol. The molecule has 216 valence electrons. The topological polar surface area (TPSA) is 153 Å². The van der Waals surface area contributed by atoms with E-state index in [9.17, 15) is 24.0 Å². The van der Waals surface area contributed by atoms with Crippen molar-refractivity contribution in [1.82, 2.24) is 5.32 Å². The van der Waals surface area contributed by atoms with E-state index in [4.69, 9.17) is 28.4 Å². The van der Waals surface area contributed by atoms with E-state index < -0.39 is 66.0 Å². The maximum Gasteiger partial charge on any atom is 0.407 e. The number of carbonyl (C=O) groups is 5. The SMILES string of the molecule is CC(=O)OC[C@H]1O[C@H](CCC(=O)OC(C)(C)C)[C@H](NC(=O)OCc2ccccc2)[C@@H](OC(C)=O)[C@@H]1OC(C)=O. The highest BCUT2D eigenvalue weighted by Crippen LogP contribution is 2.30. The van der Waals surface area contributed by atoms with Crippen LogP contribution in [-0.4, -0.2) is 72.6 Å². The molecule has 2 rings (SSSR count). The first-order chi connectivity index (χ1) is 18.2. The first-order valence-corrected chi connectivity index (χ1v) is 12.6. The number of nitrogens with one attached hydrogen (secondary N) is 1. The van der Waals surface area contributed by atoms with Gasteiger partial charge < -0.3 is 33.7 Å². The minimum atomic E-state index is -1.26. The summed E-state index contributed by atoms with van der Waals surface area (Å²) in [6.45, 7) is 8.31. The van der Waals surface area contributed by atoms with E-state index in [0.717, 1.165) is 19.4 Å². The zero-order valence-electron chi connectivity index (χ0n) is 23.1. The predicted molar refractivity (Wildman–Crippen MR) is 135 cm³/mol. The van der Waals surface area contributed by atoms with E-state index in [2.05, 4.69) is 5.32 Å². The highest BCUT2D eigenvalue weighted by atomic mass is 16.6. The van der Waals surface area contributed by atoms with Crippen molar-refractivity contribution in [2.45, 2.75) is 97.0 Å². The lowest BCUT2D eigenvalue weighted by atomic mass is 9.90. The van der Waals surface area contributed by atoms with Gasteiger partial charge in [0.05, 0.1) is 12.1 Å². The van der Waals surface area contributed by atoms with Crippen LogP contribution < -0.4 is 5.32 Å². The molecule has 1 aromatic carbocycles. The van der Waals surface area contributed by atoms with Crippen LogP contribution in [0.3, 0.4) is 0 Å². The van der Waals surface area contributed by atoms with Crippen molar-refractivity contribution in [1.29, 1.82) is 0 Å². The molecule has 1 fully saturated rings. The summed E-state index contributed by atoms with van der Waals surface area (Å²) in [5.74, 6) is -2.56. The molecule has 1 aliphatic rings. The van der Waals surface area contributed by atoms with Crippen molar-refractivity contribution in [3.63, 3.8) is 0 Å². The van der Waals surface area contributed by atoms with E-state index in [1.165, 1.54) is 6.92 Å². The average Bonchev–Trinajstić information content (AvgIpc) is 2.82. The molecule has 0 radical (unpaired) electrons. The highest BCUT2D eigenvalue weighted by Gasteiger charge is 2.51. The molecule has 1 N–H and O–H groups in total. The van der Waals surface area contributed by atoms with Crippen molar-refractivity contribution < 1.29 is 52.4 Å². The van der Waals surface area contributed by atoms with Gasteiger partial charge in [0.25, 0.3) is 0 Å². The normalized spacial score (nSPS) is 22.7. The van der Waals surface area contributed by atoms with Crippen LogP contribution in [0.4, 0.5) is 4.79 Å². The quantitative estimate of drug-likeness (QED) is 0.337. The van der Waals surface area contributed by atoms with Crippen LogP contribution >= 0.6 is 0 Å². The van der Waals surface area contributed by atoms with Gasteiger partial charge in [-0.15, -0.1) is 0 Å². The standard InChI is InChI=1S/C27H37NO11/c1-16(29)34-15-21-24(36-17(2)30)25(37-18(3)31)23(20(38-21)12-13-22(32)39-27(4,5)6)28-26(33)35-14-19-10-8-7-9-11-19/h7-11,20-21,23-25H,12-15H2,1-6H3,(H,28,33)/t20-,21-,23+,24-,25-/m1/s1. The van der Waals surface area contributed by atoms with Gasteiger partial charge in [0.15, 0.2) is 12.2 Å². The van der Waals surface area contributed by atoms with Gasteiger partial charge in [-0.05, 0) is 32.8 Å². The third-order valence-corrected chi connectivity index (χ3v) is 5.40. The van der Waals surface area contributed by atoms with Gasteiger partial charge in [-0.2, -0.15) is 0 Å². The maximum atomic E-state index is 12.8. The van der Waals surface area contributed by atoms with Crippen LogP contribution in [0, 0.1) is 0 Å². The lowest BCUT2D eigenvalue weighted by Crippen LogP contribution is -2.66. The van der Waals surface area contributed by atoms with Crippen LogP contribution in [-0.2, 0) is 54.2 Å². The number of rotatable bonds is 10. The molecule has 5 atom stereocenters. The molecular weight excluding hydrogens is 514 g/mol. The molecule has 0 aromatic heterocycles. The zero-order valence-corrected chi connectivity index (χ0v) is 23.1. The summed E-state index contributed by atoms with van der Waals surface area (Å²) >= 11 is 0. The van der Waals surface area contributed by atoms with Gasteiger partial charge in [-0.1, -0.05) is 30.3 Å². The van der Waals surface area contributed by atoms with E-state index in [1.54, 1.807) is 45.0 Å². The van der Waals surface area contributed by atoms with E-state index in [1.807, 2.05) is 6.07 Å². The summed E-state index contributed by atoms with van der Waals surface area (Å²) in [6.07, 6.45) is -5.45. The molecule has 0 spiro atoms. The summed E-state index contributed by atoms with van der Waals surface area (Å²) in [7, 11) is 0. The maximum absolute atomic E-state index is 12.8. The van der Waals surface area contributed by atoms with Crippen molar-refractivity contribution in [3.05, 3.63) is 35.9 Å². The molecule has 0 unspecified atom stereocenters. The number of hydrogen-bond acceptors (Lipinski definition) is 11. The number of carbonyl (C=O) groups excluding carboxylic acids is 5. The van der Waals surface area contributed by atoms with Gasteiger partial charge in [0, 0.05) is 27.2 Å². The fourth-order valence-electron chi connectivity index (χ4n) is 3.99. The molecule has 39 heavy (non-hydrogen) atoms. The molecule has 0 aliphatic carbocycles. The second-order valence-corrected chi connectivity index (χ2v) is 10.0. The minimum absolute atomic E-state index is 0.0275. The van der Waals surface area contributed by atoms with Crippen molar-refractivity contribution in [2.75, 3.05) is 6.61 Å². The molecule has 12 heteroatoms. The largest absolute Gasteiger partial charge is 0.463 e. The number of ether oxygens (including phenoxy) is 6. The van der Waals surface area contributed by atoms with Gasteiger partial charge in [-0.3, -0.25) is 19.2 Å². The second-order valence-electron chi connectivity index (χ2n) is 10.0. The van der Waals surface area contributed by atoms with Crippen molar-refractivity contribution in [2.24, 2.45) is 0 Å². The third-order valence-electron chi connectivity index (χ3n) is 5.40. The Kier molecular flexibility index (Phi) is 11.7. The Labute approximate surface area is 227 Å². The monoisotopic (exact) mass is 551 g/mol. The summed E-state index contributed by atoms with van der Waals surface area (Å²) < 4.78 is 32.8. The van der Waals surface area contributed by atoms with Crippen molar-refractivity contribution >= 4 is 30.0 Å². The second kappa shape index (κ2) is 14.5. The lowest BCUT2D eigenvalue weighted by molar-refractivity contribution is -0.224. The Balaban J connectivity index is 2.34. The molecular formula is C27H37NO11. The number of benzene rings is 1. The Hall–Kier alpha value is -3.67. The predicted octanol–water partition coefficient (Wildman–Crippen LogP) is 2.60. The fourth-order valence-corrected chi connectivity index (χ4v) is 3.99. The summed E-state index contributed by atoms with van der Waals surface area (Å²) in [4.78, 5) is 60.8. The molecule has 1 amide bonds. The van der Waals surface area contributed by atoms with Crippen molar-refractivity contribution in [3.8, 4) is 0 Å². The summed E-state index contributed by atoms with van der Waals surface area (Å²) in [5.41, 5.74) is 0.0203. The van der Waals surface area contributed by atoms with E-state index in [-0.39, 0.29) is 26.1 Å². The Bertz CT molecular complexity index is 1000. The molecule has 1 aliphatic heterocycles. The highest BCUT2D eigenvalue weighted by molar-refractivity contribution is 5.71. The van der Waals surface area contributed by atoms with Gasteiger partial charge in [0.1, 0.15) is 24.9 Å². The number of alkyl carbamates (subject to hydrolysis) is 1. The molecule has 0 bridgehead atoms. The van der Waals surface area contributed by atoms with Crippen LogP contribution in [0.2, 0.25) is 0 Å². The number of hydrogen-bond donors (Lipinski definition) is 1. The Morgan fingerprint density at radius 2 is 1.46 bits per heavy atom. The third kappa shape index (κ3) is 11.3. The summed E-state index contributed by atoms with van der Waals surface area (Å²) in [5, 5.41) is 2.64. The van der Waals surface area contributed by atoms with Crippen LogP contribution in [0.25, 0.3) is 0 Å². The minimum Gasteiger partial charge on any atom is -0.463 e. The number of amides is 1. The smallest absolute Gasteiger partial charge is 0.407 e. The molecule has 1 saturated heterocycles. The van der Waals surface area contributed by atoms with E-state index >= 15 is 0 Å². The van der Waals surface area contributed by atoms with Crippen LogP contribution in [0.5, 0.6) is 0 Å². The van der Waals surface area contributed by atoms with E-state index in [0.29, 0.717) is 0 Å². The van der Waals surface area contributed by atoms with Crippen LogP contribution in [0.1, 0.15) is 59.9 Å². The van der Waals surface area contributed by atoms with Gasteiger partial charge in [0.2, 0.25) is 0 Å². The van der Waals surface area contributed by atoms with Gasteiger partial charge in [-0.25, -0.2) is 4.79 Å². The Morgan fingerprint density at radius 3 is 2.03 bits per heavy atom. The molecule has 0 saturated carbocycles. The fraction of sp³-hybridized carbons (Fsp3) is 0.593. The van der Waals surface area contributed by atoms with Gasteiger partial charge >= 0.3 is 30.0 Å². The first kappa shape index (κ1) is 31.5. The Morgan fingerprint density at radius 1 is 0.846 bits per heavy atom. The number of esters is 4. The zero-order chi connectivity index (χ0) is 29.2. The van der Waals surface area contributed by atoms with Crippen LogP contribution in [0.15, 0.2) is 30.3 Å². The summed E-state index contributed by atoms with van der Waals surface area (Å²) in [6, 6.07) is 7.86.